The molecule has 1 aliphatic rings. The van der Waals surface area contributed by atoms with Crippen molar-refractivity contribution in [3.8, 4) is 5.75 Å². The highest BCUT2D eigenvalue weighted by Gasteiger charge is 2.15. The normalized spacial score (nSPS) is 14.0. The zero-order chi connectivity index (χ0) is 21.5. The van der Waals surface area contributed by atoms with Crippen molar-refractivity contribution in [1.29, 1.82) is 0 Å². The fourth-order valence-corrected chi connectivity index (χ4v) is 3.94. The maximum atomic E-state index is 12.5. The second kappa shape index (κ2) is 10.2. The van der Waals surface area contributed by atoms with Crippen LogP contribution in [-0.2, 0) is 16.1 Å². The van der Waals surface area contributed by atoms with Crippen molar-refractivity contribution in [3.63, 3.8) is 0 Å². The van der Waals surface area contributed by atoms with Crippen LogP contribution in [0.25, 0.3) is 6.08 Å². The number of para-hydroxylation sites is 2. The highest BCUT2D eigenvalue weighted by molar-refractivity contribution is 7.09. The number of aromatic nitrogens is 1. The molecule has 1 aromatic heterocycles. The predicted molar refractivity (Wildman–Crippen MR) is 125 cm³/mol. The van der Waals surface area contributed by atoms with Gasteiger partial charge in [-0.2, -0.15) is 0 Å². The Morgan fingerprint density at radius 3 is 2.87 bits per heavy atom. The van der Waals surface area contributed by atoms with Gasteiger partial charge in [-0.05, 0) is 42.8 Å². The number of benzene rings is 2. The molecule has 0 bridgehead atoms. The first-order valence-corrected chi connectivity index (χ1v) is 11.1. The second-order valence-electron chi connectivity index (χ2n) is 7.16. The number of morpholine rings is 1. The molecule has 0 radical (unpaired) electrons. The summed E-state index contributed by atoms with van der Waals surface area (Å²) in [4.78, 5) is 19.2. The minimum atomic E-state index is -0.176. The highest BCUT2D eigenvalue weighted by Crippen LogP contribution is 2.26. The smallest absolute Gasteiger partial charge is 0.248 e. The van der Waals surface area contributed by atoms with E-state index in [0.29, 0.717) is 19.8 Å². The van der Waals surface area contributed by atoms with E-state index < -0.39 is 0 Å². The van der Waals surface area contributed by atoms with Gasteiger partial charge in [0.1, 0.15) is 12.4 Å². The summed E-state index contributed by atoms with van der Waals surface area (Å²) in [6.45, 7) is 5.43. The van der Waals surface area contributed by atoms with Crippen molar-refractivity contribution in [3.05, 3.63) is 76.3 Å². The predicted octanol–water partition coefficient (Wildman–Crippen LogP) is 4.52. The van der Waals surface area contributed by atoms with Gasteiger partial charge in [0.25, 0.3) is 0 Å². The van der Waals surface area contributed by atoms with E-state index in [9.17, 15) is 4.79 Å². The molecule has 0 spiro atoms. The summed E-state index contributed by atoms with van der Waals surface area (Å²) in [6.07, 6.45) is 3.32. The lowest BCUT2D eigenvalue weighted by Crippen LogP contribution is -2.36. The minimum absolute atomic E-state index is 0.176. The first kappa shape index (κ1) is 21.1. The Balaban J connectivity index is 1.37. The van der Waals surface area contributed by atoms with Gasteiger partial charge in [-0.25, -0.2) is 4.98 Å². The van der Waals surface area contributed by atoms with E-state index >= 15 is 0 Å². The number of ether oxygens (including phenoxy) is 2. The van der Waals surface area contributed by atoms with Crippen LogP contribution in [0.3, 0.4) is 0 Å². The summed E-state index contributed by atoms with van der Waals surface area (Å²) < 4.78 is 11.3. The molecule has 3 aromatic rings. The van der Waals surface area contributed by atoms with Crippen LogP contribution in [0.15, 0.2) is 60.0 Å². The minimum Gasteiger partial charge on any atom is -0.487 e. The average Bonchev–Trinajstić information content (AvgIpc) is 3.23. The van der Waals surface area contributed by atoms with E-state index in [0.717, 1.165) is 46.5 Å². The van der Waals surface area contributed by atoms with Crippen LogP contribution in [0.5, 0.6) is 5.75 Å². The summed E-state index contributed by atoms with van der Waals surface area (Å²) in [5, 5.41) is 6.02. The number of nitrogens with one attached hydrogen (secondary N) is 1. The van der Waals surface area contributed by atoms with Crippen LogP contribution in [0.1, 0.15) is 16.3 Å². The Hall–Kier alpha value is -3.16. The van der Waals surface area contributed by atoms with Gasteiger partial charge >= 0.3 is 0 Å². The number of hydrogen-bond acceptors (Lipinski definition) is 6. The second-order valence-corrected chi connectivity index (χ2v) is 8.22. The zero-order valence-electron chi connectivity index (χ0n) is 17.4. The molecule has 2 heterocycles. The van der Waals surface area contributed by atoms with E-state index in [2.05, 4.69) is 15.2 Å². The molecule has 0 aliphatic carbocycles. The van der Waals surface area contributed by atoms with E-state index in [1.165, 1.54) is 0 Å². The van der Waals surface area contributed by atoms with Crippen LogP contribution in [0.2, 0.25) is 0 Å². The first-order valence-electron chi connectivity index (χ1n) is 10.2. The third kappa shape index (κ3) is 5.93. The van der Waals surface area contributed by atoms with Crippen molar-refractivity contribution in [2.24, 2.45) is 0 Å². The Morgan fingerprint density at radius 2 is 2.06 bits per heavy atom. The molecule has 1 aliphatic heterocycles. The molecule has 1 N–H and O–H groups in total. The van der Waals surface area contributed by atoms with Gasteiger partial charge in [0, 0.05) is 24.5 Å². The molecule has 2 aromatic carbocycles. The number of anilines is 2. The Labute approximate surface area is 186 Å². The average molecular weight is 436 g/mol. The molecule has 1 fully saturated rings. The zero-order valence-corrected chi connectivity index (χ0v) is 18.2. The Kier molecular flexibility index (Phi) is 6.96. The Morgan fingerprint density at radius 1 is 1.23 bits per heavy atom. The summed E-state index contributed by atoms with van der Waals surface area (Å²) >= 11 is 1.61. The maximum absolute atomic E-state index is 12.5. The number of aryl methyl sites for hydroxylation is 1. The van der Waals surface area contributed by atoms with E-state index in [1.54, 1.807) is 23.5 Å². The highest BCUT2D eigenvalue weighted by atomic mass is 32.1. The molecular formula is C24H25N3O3S. The standard InChI is InChI=1S/C24H25N3O3S/c1-18-25-20(17-31-18)16-30-21-6-4-5-19(15-21)9-10-24(28)26-22-7-2-3-8-23(22)27-11-13-29-14-12-27/h2-10,15,17H,11-14,16H2,1H3,(H,26,28)/b10-9+. The van der Waals surface area contributed by atoms with Gasteiger partial charge in [0.15, 0.2) is 0 Å². The lowest BCUT2D eigenvalue weighted by molar-refractivity contribution is -0.111. The summed E-state index contributed by atoms with van der Waals surface area (Å²) in [5.74, 6) is 0.566. The SMILES string of the molecule is Cc1nc(COc2cccc(/C=C/C(=O)Nc3ccccc3N3CCOCC3)c2)cs1. The number of carbonyl (C=O) groups excluding carboxylic acids is 1. The van der Waals surface area contributed by atoms with Crippen LogP contribution < -0.4 is 15.0 Å². The van der Waals surface area contributed by atoms with E-state index in [-0.39, 0.29) is 5.91 Å². The van der Waals surface area contributed by atoms with Gasteiger partial charge in [-0.1, -0.05) is 24.3 Å². The topological polar surface area (TPSA) is 63.7 Å². The number of carbonyl (C=O) groups is 1. The maximum Gasteiger partial charge on any atom is 0.248 e. The lowest BCUT2D eigenvalue weighted by atomic mass is 10.2. The van der Waals surface area contributed by atoms with Crippen LogP contribution in [-0.4, -0.2) is 37.2 Å². The number of nitrogens with zero attached hydrogens (tertiary/aromatic N) is 2. The molecule has 1 amide bonds. The summed E-state index contributed by atoms with van der Waals surface area (Å²) in [5.41, 5.74) is 3.63. The Bertz CT molecular complexity index is 1060. The van der Waals surface area contributed by atoms with Crippen LogP contribution in [0, 0.1) is 6.92 Å². The summed E-state index contributed by atoms with van der Waals surface area (Å²) in [7, 11) is 0. The molecule has 0 saturated carbocycles. The summed E-state index contributed by atoms with van der Waals surface area (Å²) in [6, 6.07) is 15.5. The molecule has 4 rings (SSSR count). The molecule has 6 nitrogen and oxygen atoms in total. The van der Waals surface area contributed by atoms with E-state index in [4.69, 9.17) is 9.47 Å². The fourth-order valence-electron chi connectivity index (χ4n) is 3.35. The molecule has 0 atom stereocenters. The first-order chi connectivity index (χ1) is 15.2. The lowest BCUT2D eigenvalue weighted by Gasteiger charge is -2.30. The van der Waals surface area contributed by atoms with Gasteiger partial charge in [0.05, 0.1) is 35.3 Å². The van der Waals surface area contributed by atoms with Crippen molar-refractivity contribution in [1.82, 2.24) is 4.98 Å². The number of hydrogen-bond donors (Lipinski definition) is 1. The van der Waals surface area contributed by atoms with Crippen molar-refractivity contribution in [2.45, 2.75) is 13.5 Å². The largest absolute Gasteiger partial charge is 0.487 e. The van der Waals surface area contributed by atoms with Gasteiger partial charge in [-0.3, -0.25) is 4.79 Å². The molecule has 0 unspecified atom stereocenters. The van der Waals surface area contributed by atoms with E-state index in [1.807, 2.05) is 60.8 Å². The van der Waals surface area contributed by atoms with Crippen LogP contribution in [0.4, 0.5) is 11.4 Å². The third-order valence-corrected chi connectivity index (χ3v) is 5.67. The van der Waals surface area contributed by atoms with Gasteiger partial charge in [-0.15, -0.1) is 11.3 Å². The van der Waals surface area contributed by atoms with Crippen LogP contribution >= 0.6 is 11.3 Å². The molecular weight excluding hydrogens is 410 g/mol. The molecule has 7 heteroatoms. The molecule has 160 valence electrons. The number of amides is 1. The quantitative estimate of drug-likeness (QED) is 0.553. The van der Waals surface area contributed by atoms with Gasteiger partial charge in [0.2, 0.25) is 5.91 Å². The van der Waals surface area contributed by atoms with Crippen molar-refractivity contribution >= 4 is 34.7 Å². The monoisotopic (exact) mass is 435 g/mol. The molecule has 1 saturated heterocycles. The fraction of sp³-hybridized carbons (Fsp3) is 0.250. The number of thiazole rings is 1. The number of rotatable bonds is 7. The van der Waals surface area contributed by atoms with Crippen molar-refractivity contribution < 1.29 is 14.3 Å². The molecule has 31 heavy (non-hydrogen) atoms. The third-order valence-electron chi connectivity index (χ3n) is 4.85. The van der Waals surface area contributed by atoms with Gasteiger partial charge < -0.3 is 19.7 Å². The van der Waals surface area contributed by atoms with Crippen molar-refractivity contribution in [2.75, 3.05) is 36.5 Å².